The number of nitrogens with zero attached hydrogens (tertiary/aromatic N) is 1. The molecule has 0 bridgehead atoms. The molecule has 0 unspecified atom stereocenters. The van der Waals surface area contributed by atoms with Gasteiger partial charge in [0, 0.05) is 6.20 Å². The number of pyridine rings is 1. The summed E-state index contributed by atoms with van der Waals surface area (Å²) in [6, 6.07) is 7.10. The predicted molar refractivity (Wildman–Crippen MR) is 60.1 cm³/mol. The molecule has 0 saturated carbocycles. The molecule has 1 heterocycles. The Labute approximate surface area is 96.6 Å². The molecule has 0 fully saturated rings. The molecular weight excluding hydrogens is 231 g/mol. The molecule has 0 spiro atoms. The summed E-state index contributed by atoms with van der Waals surface area (Å²) in [6.45, 7) is 0. The SMILES string of the molecule is Nc1cc(Cl)cnc1Oc1ccc(F)cc1. The van der Waals surface area contributed by atoms with E-state index < -0.39 is 0 Å². The summed E-state index contributed by atoms with van der Waals surface area (Å²) in [7, 11) is 0. The number of benzene rings is 1. The van der Waals surface area contributed by atoms with Gasteiger partial charge in [0.25, 0.3) is 0 Å². The van der Waals surface area contributed by atoms with Crippen LogP contribution in [0.1, 0.15) is 0 Å². The Morgan fingerprint density at radius 1 is 1.25 bits per heavy atom. The Morgan fingerprint density at radius 2 is 1.94 bits per heavy atom. The average molecular weight is 239 g/mol. The summed E-state index contributed by atoms with van der Waals surface area (Å²) in [5, 5.41) is 0.434. The van der Waals surface area contributed by atoms with Gasteiger partial charge in [-0.2, -0.15) is 0 Å². The van der Waals surface area contributed by atoms with Gasteiger partial charge in [-0.05, 0) is 30.3 Å². The second kappa shape index (κ2) is 4.37. The number of ether oxygens (including phenoxy) is 1. The topological polar surface area (TPSA) is 48.1 Å². The molecule has 0 aliphatic carbocycles. The number of anilines is 1. The van der Waals surface area contributed by atoms with Crippen molar-refractivity contribution in [3.63, 3.8) is 0 Å². The zero-order valence-electron chi connectivity index (χ0n) is 8.15. The standard InChI is InChI=1S/C11H8ClFN2O/c12-7-5-10(14)11(15-6-7)16-9-3-1-8(13)2-4-9/h1-6H,14H2. The Morgan fingerprint density at radius 3 is 2.56 bits per heavy atom. The van der Waals surface area contributed by atoms with Gasteiger partial charge in [-0.15, -0.1) is 0 Å². The normalized spacial score (nSPS) is 10.1. The van der Waals surface area contributed by atoms with E-state index in [0.29, 0.717) is 16.5 Å². The van der Waals surface area contributed by atoms with Crippen LogP contribution in [0.2, 0.25) is 5.02 Å². The molecule has 0 radical (unpaired) electrons. The van der Waals surface area contributed by atoms with Gasteiger partial charge < -0.3 is 10.5 Å². The first kappa shape index (κ1) is 10.7. The summed E-state index contributed by atoms with van der Waals surface area (Å²) in [6.07, 6.45) is 1.43. The van der Waals surface area contributed by atoms with Gasteiger partial charge in [-0.25, -0.2) is 9.37 Å². The van der Waals surface area contributed by atoms with Crippen LogP contribution >= 0.6 is 11.6 Å². The van der Waals surface area contributed by atoms with E-state index in [2.05, 4.69) is 4.98 Å². The van der Waals surface area contributed by atoms with Gasteiger partial charge in [0.15, 0.2) is 0 Å². The van der Waals surface area contributed by atoms with Crippen LogP contribution in [0, 0.1) is 5.82 Å². The van der Waals surface area contributed by atoms with E-state index in [1.807, 2.05) is 0 Å². The van der Waals surface area contributed by atoms with E-state index in [1.165, 1.54) is 36.5 Å². The maximum Gasteiger partial charge on any atom is 0.242 e. The van der Waals surface area contributed by atoms with Gasteiger partial charge in [0.2, 0.25) is 5.88 Å². The number of nitrogens with two attached hydrogens (primary N) is 1. The van der Waals surface area contributed by atoms with Crippen LogP contribution in [-0.4, -0.2) is 4.98 Å². The maximum absolute atomic E-state index is 12.6. The molecule has 0 atom stereocenters. The second-order valence-electron chi connectivity index (χ2n) is 3.10. The van der Waals surface area contributed by atoms with Gasteiger partial charge in [0.1, 0.15) is 11.6 Å². The van der Waals surface area contributed by atoms with Crippen molar-refractivity contribution in [1.82, 2.24) is 4.98 Å². The van der Waals surface area contributed by atoms with Crippen molar-refractivity contribution in [1.29, 1.82) is 0 Å². The number of halogens is 2. The molecule has 16 heavy (non-hydrogen) atoms. The van der Waals surface area contributed by atoms with E-state index >= 15 is 0 Å². The van der Waals surface area contributed by atoms with Crippen molar-refractivity contribution in [2.75, 3.05) is 5.73 Å². The molecule has 82 valence electrons. The summed E-state index contributed by atoms with van der Waals surface area (Å²) in [5.74, 6) is 0.378. The largest absolute Gasteiger partial charge is 0.437 e. The highest BCUT2D eigenvalue weighted by atomic mass is 35.5. The quantitative estimate of drug-likeness (QED) is 0.874. The third-order valence-corrected chi connectivity index (χ3v) is 2.08. The van der Waals surface area contributed by atoms with E-state index in [9.17, 15) is 4.39 Å². The van der Waals surface area contributed by atoms with Crippen LogP contribution in [-0.2, 0) is 0 Å². The Balaban J connectivity index is 2.23. The third kappa shape index (κ3) is 2.41. The molecule has 2 aromatic rings. The molecule has 0 amide bonds. The summed E-state index contributed by atoms with van der Waals surface area (Å²) in [4.78, 5) is 3.92. The van der Waals surface area contributed by atoms with E-state index in [1.54, 1.807) is 0 Å². The van der Waals surface area contributed by atoms with Gasteiger partial charge in [0.05, 0.1) is 10.7 Å². The van der Waals surface area contributed by atoms with Crippen LogP contribution in [0.4, 0.5) is 10.1 Å². The summed E-state index contributed by atoms with van der Waals surface area (Å²) < 4.78 is 18.0. The van der Waals surface area contributed by atoms with Crippen LogP contribution in [0.15, 0.2) is 36.5 Å². The van der Waals surface area contributed by atoms with Crippen molar-refractivity contribution < 1.29 is 9.13 Å². The zero-order valence-corrected chi connectivity index (χ0v) is 8.91. The van der Waals surface area contributed by atoms with E-state index in [4.69, 9.17) is 22.1 Å². The van der Waals surface area contributed by atoms with Crippen molar-refractivity contribution in [2.45, 2.75) is 0 Å². The first-order valence-corrected chi connectivity index (χ1v) is 4.87. The molecule has 0 aliphatic heterocycles. The Kier molecular flexibility index (Phi) is 2.92. The molecule has 1 aromatic heterocycles. The molecule has 1 aromatic carbocycles. The number of nitrogen functional groups attached to an aromatic ring is 1. The first-order chi connectivity index (χ1) is 7.65. The first-order valence-electron chi connectivity index (χ1n) is 4.49. The minimum Gasteiger partial charge on any atom is -0.437 e. The van der Waals surface area contributed by atoms with Gasteiger partial charge in [-0.1, -0.05) is 11.6 Å². The third-order valence-electron chi connectivity index (χ3n) is 1.87. The van der Waals surface area contributed by atoms with Crippen LogP contribution in [0.25, 0.3) is 0 Å². The fraction of sp³-hybridized carbons (Fsp3) is 0. The molecule has 3 nitrogen and oxygen atoms in total. The summed E-state index contributed by atoms with van der Waals surface area (Å²) in [5.41, 5.74) is 5.98. The number of rotatable bonds is 2. The molecular formula is C11H8ClFN2O. The van der Waals surface area contributed by atoms with Gasteiger partial charge >= 0.3 is 0 Å². The lowest BCUT2D eigenvalue weighted by Crippen LogP contribution is -1.94. The highest BCUT2D eigenvalue weighted by Crippen LogP contribution is 2.26. The number of hydrogen-bond donors (Lipinski definition) is 1. The smallest absolute Gasteiger partial charge is 0.242 e. The lowest BCUT2D eigenvalue weighted by Gasteiger charge is -2.06. The highest BCUT2D eigenvalue weighted by Gasteiger charge is 2.04. The molecule has 0 saturated heterocycles. The monoisotopic (exact) mass is 238 g/mol. The number of aromatic nitrogens is 1. The molecule has 5 heteroatoms. The van der Waals surface area contributed by atoms with Crippen LogP contribution < -0.4 is 10.5 Å². The zero-order chi connectivity index (χ0) is 11.5. The predicted octanol–water partition coefficient (Wildman–Crippen LogP) is 3.25. The summed E-state index contributed by atoms with van der Waals surface area (Å²) >= 11 is 5.69. The van der Waals surface area contributed by atoms with E-state index in [0.717, 1.165) is 0 Å². The van der Waals surface area contributed by atoms with Crippen molar-refractivity contribution in [2.24, 2.45) is 0 Å². The fourth-order valence-electron chi connectivity index (χ4n) is 1.14. The second-order valence-corrected chi connectivity index (χ2v) is 3.54. The minimum atomic E-state index is -0.329. The molecule has 2 rings (SSSR count). The Bertz CT molecular complexity index is 502. The van der Waals surface area contributed by atoms with E-state index in [-0.39, 0.29) is 11.7 Å². The van der Waals surface area contributed by atoms with Gasteiger partial charge in [-0.3, -0.25) is 0 Å². The Hall–Kier alpha value is -1.81. The number of hydrogen-bond acceptors (Lipinski definition) is 3. The fourth-order valence-corrected chi connectivity index (χ4v) is 1.31. The minimum absolute atomic E-state index is 0.246. The molecule has 2 N–H and O–H groups in total. The van der Waals surface area contributed by atoms with Crippen molar-refractivity contribution >= 4 is 17.3 Å². The van der Waals surface area contributed by atoms with Crippen molar-refractivity contribution in [3.05, 3.63) is 47.4 Å². The van der Waals surface area contributed by atoms with Crippen LogP contribution in [0.3, 0.4) is 0 Å². The maximum atomic E-state index is 12.6. The lowest BCUT2D eigenvalue weighted by molar-refractivity contribution is 0.464. The van der Waals surface area contributed by atoms with Crippen LogP contribution in [0.5, 0.6) is 11.6 Å². The van der Waals surface area contributed by atoms with Crippen molar-refractivity contribution in [3.8, 4) is 11.6 Å². The molecule has 0 aliphatic rings. The lowest BCUT2D eigenvalue weighted by atomic mass is 10.3. The average Bonchev–Trinajstić information content (AvgIpc) is 2.25. The highest BCUT2D eigenvalue weighted by molar-refractivity contribution is 6.30.